The molecule has 3 nitrogen and oxygen atoms in total. The van der Waals surface area contributed by atoms with Gasteiger partial charge < -0.3 is 5.11 Å². The molecule has 11 heavy (non-hydrogen) atoms. The second-order valence-corrected chi connectivity index (χ2v) is 3.31. The van der Waals surface area contributed by atoms with Crippen LogP contribution in [0.3, 0.4) is 0 Å². The standard InChI is InChI=1S/C8H15NO2/c1-5-6-9(7(10)11)8(2,3)4/h5-6H,1-4H3,(H,10,11). The Morgan fingerprint density at radius 3 is 2.00 bits per heavy atom. The van der Waals surface area contributed by atoms with Crippen molar-refractivity contribution in [3.05, 3.63) is 12.3 Å². The van der Waals surface area contributed by atoms with E-state index in [-0.39, 0.29) is 5.54 Å². The van der Waals surface area contributed by atoms with E-state index in [1.807, 2.05) is 20.8 Å². The summed E-state index contributed by atoms with van der Waals surface area (Å²) in [4.78, 5) is 11.9. The number of nitrogens with zero attached hydrogens (tertiary/aromatic N) is 1. The molecule has 0 aromatic heterocycles. The number of amides is 1. The van der Waals surface area contributed by atoms with Crippen molar-refractivity contribution < 1.29 is 9.90 Å². The van der Waals surface area contributed by atoms with Gasteiger partial charge in [0, 0.05) is 11.7 Å². The maximum atomic E-state index is 10.6. The number of carboxylic acid groups (broad SMARTS) is 1. The maximum absolute atomic E-state index is 10.6. The Hall–Kier alpha value is -0.990. The van der Waals surface area contributed by atoms with Crippen molar-refractivity contribution in [1.29, 1.82) is 0 Å². The van der Waals surface area contributed by atoms with E-state index in [0.29, 0.717) is 0 Å². The van der Waals surface area contributed by atoms with Gasteiger partial charge in [0.15, 0.2) is 0 Å². The predicted molar refractivity (Wildman–Crippen MR) is 44.4 cm³/mol. The van der Waals surface area contributed by atoms with Crippen LogP contribution in [0.2, 0.25) is 0 Å². The van der Waals surface area contributed by atoms with E-state index in [1.54, 1.807) is 19.2 Å². The fraction of sp³-hybridized carbons (Fsp3) is 0.625. The Kier molecular flexibility index (Phi) is 3.11. The topological polar surface area (TPSA) is 40.5 Å². The largest absolute Gasteiger partial charge is 0.465 e. The molecule has 0 atom stereocenters. The zero-order valence-electron chi connectivity index (χ0n) is 7.46. The lowest BCUT2D eigenvalue weighted by Gasteiger charge is -2.29. The Balaban J connectivity index is 4.48. The van der Waals surface area contributed by atoms with Crippen molar-refractivity contribution in [2.75, 3.05) is 0 Å². The van der Waals surface area contributed by atoms with Crippen LogP contribution >= 0.6 is 0 Å². The summed E-state index contributed by atoms with van der Waals surface area (Å²) in [6, 6.07) is 0. The Labute approximate surface area is 67.3 Å². The minimum absolute atomic E-state index is 0.363. The molecule has 0 aliphatic heterocycles. The SMILES string of the molecule is CC=CN(C(=O)O)C(C)(C)C. The second kappa shape index (κ2) is 3.42. The van der Waals surface area contributed by atoms with Crippen molar-refractivity contribution in [2.45, 2.75) is 33.2 Å². The van der Waals surface area contributed by atoms with Gasteiger partial charge in [-0.2, -0.15) is 0 Å². The third kappa shape index (κ3) is 3.07. The molecule has 3 heteroatoms. The summed E-state index contributed by atoms with van der Waals surface area (Å²) in [6.45, 7) is 7.34. The lowest BCUT2D eigenvalue weighted by atomic mass is 10.1. The summed E-state index contributed by atoms with van der Waals surface area (Å²) in [7, 11) is 0. The molecular weight excluding hydrogens is 142 g/mol. The summed E-state index contributed by atoms with van der Waals surface area (Å²) in [5.74, 6) is 0. The quantitative estimate of drug-likeness (QED) is 0.634. The lowest BCUT2D eigenvalue weighted by molar-refractivity contribution is 0.129. The third-order valence-electron chi connectivity index (χ3n) is 1.23. The van der Waals surface area contributed by atoms with Crippen LogP contribution in [0.1, 0.15) is 27.7 Å². The van der Waals surface area contributed by atoms with Gasteiger partial charge in [-0.3, -0.25) is 4.90 Å². The average molecular weight is 157 g/mol. The van der Waals surface area contributed by atoms with Crippen LogP contribution < -0.4 is 0 Å². The predicted octanol–water partition coefficient (Wildman–Crippen LogP) is 2.30. The maximum Gasteiger partial charge on any atom is 0.411 e. The molecule has 1 amide bonds. The minimum atomic E-state index is -0.921. The number of hydrogen-bond donors (Lipinski definition) is 1. The molecule has 0 spiro atoms. The minimum Gasteiger partial charge on any atom is -0.465 e. The highest BCUT2D eigenvalue weighted by Crippen LogP contribution is 2.13. The highest BCUT2D eigenvalue weighted by atomic mass is 16.4. The van der Waals surface area contributed by atoms with Gasteiger partial charge in [-0.1, -0.05) is 6.08 Å². The first kappa shape index (κ1) is 10.0. The fourth-order valence-electron chi connectivity index (χ4n) is 0.723. The van der Waals surface area contributed by atoms with Gasteiger partial charge in [-0.15, -0.1) is 0 Å². The summed E-state index contributed by atoms with van der Waals surface area (Å²) in [6.07, 6.45) is 2.34. The highest BCUT2D eigenvalue weighted by Gasteiger charge is 2.23. The van der Waals surface area contributed by atoms with Crippen LogP contribution in [0.25, 0.3) is 0 Å². The first-order valence-corrected chi connectivity index (χ1v) is 3.54. The van der Waals surface area contributed by atoms with Crippen LogP contribution in [0.5, 0.6) is 0 Å². The number of hydrogen-bond acceptors (Lipinski definition) is 1. The molecule has 0 bridgehead atoms. The molecule has 0 aromatic carbocycles. The summed E-state index contributed by atoms with van der Waals surface area (Å²) >= 11 is 0. The van der Waals surface area contributed by atoms with Crippen LogP contribution in [0, 0.1) is 0 Å². The molecule has 1 N–H and O–H groups in total. The summed E-state index contributed by atoms with van der Waals surface area (Å²) < 4.78 is 0. The van der Waals surface area contributed by atoms with Gasteiger partial charge in [-0.25, -0.2) is 4.79 Å². The van der Waals surface area contributed by atoms with E-state index in [4.69, 9.17) is 5.11 Å². The van der Waals surface area contributed by atoms with Crippen molar-refractivity contribution in [3.8, 4) is 0 Å². The molecule has 0 saturated carbocycles. The molecule has 64 valence electrons. The fourth-order valence-corrected chi connectivity index (χ4v) is 0.723. The first-order chi connectivity index (χ1) is 4.89. The van der Waals surface area contributed by atoms with E-state index in [2.05, 4.69) is 0 Å². The van der Waals surface area contributed by atoms with Gasteiger partial charge in [0.05, 0.1) is 0 Å². The van der Waals surface area contributed by atoms with E-state index in [9.17, 15) is 4.79 Å². The molecule has 0 aliphatic carbocycles. The summed E-state index contributed by atoms with van der Waals surface area (Å²) in [5.41, 5.74) is -0.363. The Morgan fingerprint density at radius 1 is 1.45 bits per heavy atom. The highest BCUT2D eigenvalue weighted by molar-refractivity contribution is 5.67. The lowest BCUT2D eigenvalue weighted by Crippen LogP contribution is -2.40. The van der Waals surface area contributed by atoms with Crippen LogP contribution in [0.4, 0.5) is 4.79 Å². The van der Waals surface area contributed by atoms with Gasteiger partial charge in [0.25, 0.3) is 0 Å². The van der Waals surface area contributed by atoms with Gasteiger partial charge in [0.2, 0.25) is 0 Å². The van der Waals surface area contributed by atoms with Crippen molar-refractivity contribution in [1.82, 2.24) is 4.90 Å². The molecule has 0 heterocycles. The van der Waals surface area contributed by atoms with Crippen molar-refractivity contribution in [2.24, 2.45) is 0 Å². The Morgan fingerprint density at radius 2 is 1.91 bits per heavy atom. The molecule has 0 aliphatic rings. The molecule has 0 rings (SSSR count). The zero-order chi connectivity index (χ0) is 9.07. The van der Waals surface area contributed by atoms with E-state index < -0.39 is 6.09 Å². The smallest absolute Gasteiger partial charge is 0.411 e. The molecule has 0 aromatic rings. The van der Waals surface area contributed by atoms with E-state index in [1.165, 1.54) is 4.90 Å². The van der Waals surface area contributed by atoms with E-state index in [0.717, 1.165) is 0 Å². The van der Waals surface area contributed by atoms with Crippen LogP contribution in [-0.2, 0) is 0 Å². The van der Waals surface area contributed by atoms with Gasteiger partial charge >= 0.3 is 6.09 Å². The average Bonchev–Trinajstić information content (AvgIpc) is 1.79. The second-order valence-electron chi connectivity index (χ2n) is 3.31. The molecule has 0 unspecified atom stereocenters. The molecule has 0 saturated heterocycles. The van der Waals surface area contributed by atoms with Crippen molar-refractivity contribution in [3.63, 3.8) is 0 Å². The Bertz CT molecular complexity index is 167. The third-order valence-corrected chi connectivity index (χ3v) is 1.23. The molecule has 0 fully saturated rings. The van der Waals surface area contributed by atoms with Crippen LogP contribution in [0.15, 0.2) is 12.3 Å². The van der Waals surface area contributed by atoms with Gasteiger partial charge in [-0.05, 0) is 27.7 Å². The zero-order valence-corrected chi connectivity index (χ0v) is 7.46. The van der Waals surface area contributed by atoms with Gasteiger partial charge in [0.1, 0.15) is 0 Å². The number of rotatable bonds is 1. The van der Waals surface area contributed by atoms with E-state index >= 15 is 0 Å². The number of allylic oxidation sites excluding steroid dienone is 1. The monoisotopic (exact) mass is 157 g/mol. The molecule has 0 radical (unpaired) electrons. The summed E-state index contributed by atoms with van der Waals surface area (Å²) in [5, 5.41) is 8.71. The first-order valence-electron chi connectivity index (χ1n) is 3.54. The normalized spacial score (nSPS) is 12.0. The number of carbonyl (C=O) groups is 1. The molecular formula is C8H15NO2. The van der Waals surface area contributed by atoms with Crippen molar-refractivity contribution >= 4 is 6.09 Å². The van der Waals surface area contributed by atoms with Crippen LogP contribution in [-0.4, -0.2) is 21.6 Å².